The summed E-state index contributed by atoms with van der Waals surface area (Å²) < 4.78 is 22.0. The minimum atomic E-state index is -1.37. The summed E-state index contributed by atoms with van der Waals surface area (Å²) in [6, 6.07) is 11.6. The zero-order valence-corrected chi connectivity index (χ0v) is 15.3. The molecule has 1 heterocycles. The van der Waals surface area contributed by atoms with Gasteiger partial charge in [0.1, 0.15) is 17.9 Å². The van der Waals surface area contributed by atoms with E-state index in [0.29, 0.717) is 22.6 Å². The van der Waals surface area contributed by atoms with Crippen LogP contribution in [-0.2, 0) is 4.74 Å². The van der Waals surface area contributed by atoms with Gasteiger partial charge in [-0.15, -0.1) is 0 Å². The van der Waals surface area contributed by atoms with Crippen molar-refractivity contribution in [2.45, 2.75) is 0 Å². The molecule has 2 N–H and O–H groups in total. The molecule has 0 radical (unpaired) electrons. The molecule has 1 aliphatic rings. The number of para-hydroxylation sites is 2. The van der Waals surface area contributed by atoms with E-state index in [1.807, 2.05) is 0 Å². The molecule has 4 rings (SSSR count). The molecular formula is C21H16O8. The second kappa shape index (κ2) is 7.33. The van der Waals surface area contributed by atoms with Gasteiger partial charge in [-0.2, -0.15) is 0 Å². The van der Waals surface area contributed by atoms with Crippen molar-refractivity contribution in [2.24, 2.45) is 0 Å². The third kappa shape index (κ3) is 3.09. The van der Waals surface area contributed by atoms with Gasteiger partial charge in [-0.25, -0.2) is 9.59 Å². The average molecular weight is 396 g/mol. The smallest absolute Gasteiger partial charge is 0.340 e. The summed E-state index contributed by atoms with van der Waals surface area (Å²) in [6.07, 6.45) is 0. The first-order chi connectivity index (χ1) is 14.0. The van der Waals surface area contributed by atoms with Crippen LogP contribution in [0.1, 0.15) is 20.7 Å². The van der Waals surface area contributed by atoms with Gasteiger partial charge in [0.15, 0.2) is 23.0 Å². The van der Waals surface area contributed by atoms with Gasteiger partial charge in [0.2, 0.25) is 0 Å². The van der Waals surface area contributed by atoms with Crippen LogP contribution < -0.4 is 14.2 Å². The predicted molar refractivity (Wildman–Crippen MR) is 101 cm³/mol. The molecule has 0 saturated carbocycles. The van der Waals surface area contributed by atoms with Gasteiger partial charge in [-0.1, -0.05) is 12.1 Å². The van der Waals surface area contributed by atoms with Crippen LogP contribution in [0.15, 0.2) is 42.5 Å². The van der Waals surface area contributed by atoms with Crippen LogP contribution in [0.4, 0.5) is 0 Å². The summed E-state index contributed by atoms with van der Waals surface area (Å²) in [7, 11) is 1.16. The number of benzene rings is 3. The molecule has 0 bridgehead atoms. The summed E-state index contributed by atoms with van der Waals surface area (Å²) >= 11 is 0. The van der Waals surface area contributed by atoms with E-state index in [9.17, 15) is 14.7 Å². The fourth-order valence-electron chi connectivity index (χ4n) is 3.22. The summed E-state index contributed by atoms with van der Waals surface area (Å²) in [5.41, 5.74) is -0.542. The third-order valence-electron chi connectivity index (χ3n) is 4.42. The highest BCUT2D eigenvalue weighted by Gasteiger charge is 2.34. The van der Waals surface area contributed by atoms with E-state index in [4.69, 9.17) is 24.1 Å². The van der Waals surface area contributed by atoms with E-state index in [2.05, 4.69) is 0 Å². The van der Waals surface area contributed by atoms with Crippen LogP contribution >= 0.6 is 0 Å². The lowest BCUT2D eigenvalue weighted by Gasteiger charge is -2.25. The van der Waals surface area contributed by atoms with Crippen LogP contribution in [0.3, 0.4) is 0 Å². The largest absolute Gasteiger partial charge is 0.491 e. The lowest BCUT2D eigenvalue weighted by Crippen LogP contribution is -2.15. The number of carbonyl (C=O) groups is 2. The lowest BCUT2D eigenvalue weighted by atomic mass is 9.95. The molecule has 0 spiro atoms. The number of hydrogen-bond donors (Lipinski definition) is 2. The Bertz CT molecular complexity index is 1140. The molecule has 0 aromatic heterocycles. The minimum Gasteiger partial charge on any atom is -0.491 e. The predicted octanol–water partition coefficient (Wildman–Crippen LogP) is 3.59. The van der Waals surface area contributed by atoms with E-state index < -0.39 is 11.9 Å². The molecule has 0 unspecified atom stereocenters. The summed E-state index contributed by atoms with van der Waals surface area (Å²) in [5, 5.41) is 19.6. The van der Waals surface area contributed by atoms with Crippen LogP contribution in [0.5, 0.6) is 28.7 Å². The Morgan fingerprint density at radius 3 is 2.28 bits per heavy atom. The molecule has 0 amide bonds. The number of esters is 1. The van der Waals surface area contributed by atoms with E-state index in [1.165, 1.54) is 6.07 Å². The summed E-state index contributed by atoms with van der Waals surface area (Å²) in [6.45, 7) is -0.150. The molecule has 0 atom stereocenters. The average Bonchev–Trinajstić information content (AvgIpc) is 2.74. The number of aliphatic hydroxyl groups is 1. The molecule has 0 aliphatic carbocycles. The first-order valence-corrected chi connectivity index (χ1v) is 8.69. The molecule has 8 heteroatoms. The van der Waals surface area contributed by atoms with Crippen molar-refractivity contribution in [3.63, 3.8) is 0 Å². The third-order valence-corrected chi connectivity index (χ3v) is 4.42. The Hall–Kier alpha value is -3.78. The van der Waals surface area contributed by atoms with Crippen molar-refractivity contribution in [1.82, 2.24) is 0 Å². The lowest BCUT2D eigenvalue weighted by molar-refractivity contribution is 0.0583. The van der Waals surface area contributed by atoms with E-state index >= 15 is 0 Å². The van der Waals surface area contributed by atoms with Gasteiger partial charge in [-0.3, -0.25) is 0 Å². The minimum absolute atomic E-state index is 0.0444. The maximum Gasteiger partial charge on any atom is 0.340 e. The van der Waals surface area contributed by atoms with Crippen molar-refractivity contribution < 1.29 is 38.7 Å². The summed E-state index contributed by atoms with van der Waals surface area (Å²) in [4.78, 5) is 24.7. The van der Waals surface area contributed by atoms with E-state index in [-0.39, 0.29) is 41.2 Å². The van der Waals surface area contributed by atoms with Gasteiger partial charge in [-0.05, 0) is 30.3 Å². The monoisotopic (exact) mass is 396 g/mol. The first-order valence-electron chi connectivity index (χ1n) is 8.69. The molecule has 29 heavy (non-hydrogen) atoms. The van der Waals surface area contributed by atoms with Gasteiger partial charge in [0.05, 0.1) is 19.3 Å². The molecule has 3 aromatic carbocycles. The molecule has 3 aromatic rings. The van der Waals surface area contributed by atoms with E-state index in [0.717, 1.165) is 7.11 Å². The van der Waals surface area contributed by atoms with Gasteiger partial charge < -0.3 is 29.2 Å². The van der Waals surface area contributed by atoms with Crippen molar-refractivity contribution in [1.29, 1.82) is 0 Å². The fourth-order valence-corrected chi connectivity index (χ4v) is 3.22. The number of hydrogen-bond acceptors (Lipinski definition) is 7. The first kappa shape index (κ1) is 18.6. The number of carboxylic acid groups (broad SMARTS) is 1. The number of fused-ring (bicyclic) bond motifs is 4. The Morgan fingerprint density at radius 2 is 1.66 bits per heavy atom. The topological polar surface area (TPSA) is 112 Å². The highest BCUT2D eigenvalue weighted by atomic mass is 16.6. The number of carboxylic acids is 1. The SMILES string of the molecule is COC(=O)c1c(C(=O)O)c2c(c3ccc(OCCO)cc13)Oc1ccccc1O2. The Morgan fingerprint density at radius 1 is 0.966 bits per heavy atom. The Balaban J connectivity index is 2.05. The highest BCUT2D eigenvalue weighted by Crippen LogP contribution is 2.52. The summed E-state index contributed by atoms with van der Waals surface area (Å²) in [5.74, 6) is -0.995. The molecule has 148 valence electrons. The maximum atomic E-state index is 12.5. The number of ether oxygens (including phenoxy) is 4. The maximum absolute atomic E-state index is 12.5. The fraction of sp³-hybridized carbons (Fsp3) is 0.143. The number of carbonyl (C=O) groups excluding carboxylic acids is 1. The van der Waals surface area contributed by atoms with Crippen molar-refractivity contribution in [2.75, 3.05) is 20.3 Å². The quantitative estimate of drug-likeness (QED) is 0.492. The van der Waals surface area contributed by atoms with Crippen molar-refractivity contribution in [3.8, 4) is 28.7 Å². The Labute approximate surface area is 164 Å². The van der Waals surface area contributed by atoms with Crippen LogP contribution in [0, 0.1) is 0 Å². The van der Waals surface area contributed by atoms with Gasteiger partial charge >= 0.3 is 11.9 Å². The second-order valence-electron chi connectivity index (χ2n) is 6.14. The van der Waals surface area contributed by atoms with E-state index in [1.54, 1.807) is 36.4 Å². The zero-order chi connectivity index (χ0) is 20.5. The van der Waals surface area contributed by atoms with Crippen LogP contribution in [0.25, 0.3) is 10.8 Å². The zero-order valence-electron chi connectivity index (χ0n) is 15.3. The van der Waals surface area contributed by atoms with Crippen molar-refractivity contribution in [3.05, 3.63) is 53.6 Å². The van der Waals surface area contributed by atoms with Crippen molar-refractivity contribution >= 4 is 22.7 Å². The normalized spacial score (nSPS) is 11.7. The van der Waals surface area contributed by atoms with Gasteiger partial charge in [0.25, 0.3) is 0 Å². The number of rotatable bonds is 5. The molecule has 0 saturated heterocycles. The molecule has 0 fully saturated rings. The Kier molecular flexibility index (Phi) is 4.69. The number of methoxy groups -OCH3 is 1. The molecule has 8 nitrogen and oxygen atoms in total. The number of aliphatic hydroxyl groups excluding tert-OH is 1. The molecular weight excluding hydrogens is 380 g/mol. The van der Waals surface area contributed by atoms with Crippen LogP contribution in [-0.4, -0.2) is 42.5 Å². The van der Waals surface area contributed by atoms with Crippen LogP contribution in [0.2, 0.25) is 0 Å². The highest BCUT2D eigenvalue weighted by molar-refractivity contribution is 6.16. The standard InChI is InChI=1S/C21H16O8/c1-26-21(25)16-13-10-11(27-9-8-22)6-7-12(13)18-19(17(16)20(23)24)29-15-5-3-2-4-14(15)28-18/h2-7,10,22H,8-9H2,1H3,(H,23,24). The molecule has 1 aliphatic heterocycles. The second-order valence-corrected chi connectivity index (χ2v) is 6.14. The van der Waals surface area contributed by atoms with Gasteiger partial charge in [0, 0.05) is 10.8 Å². The number of aromatic carboxylic acids is 1.